The average Bonchev–Trinajstić information content (AvgIpc) is 3.07. The molecular formula is C16H20N4OS. The van der Waals surface area contributed by atoms with Crippen LogP contribution in [0.25, 0.3) is 10.2 Å². The minimum atomic E-state index is -0.0951. The molecule has 1 aliphatic heterocycles. The summed E-state index contributed by atoms with van der Waals surface area (Å²) in [5.41, 5.74) is 1.42. The second-order valence-corrected chi connectivity index (χ2v) is 7.35. The highest BCUT2D eigenvalue weighted by molar-refractivity contribution is 7.19. The van der Waals surface area contributed by atoms with Gasteiger partial charge in [-0.1, -0.05) is 0 Å². The highest BCUT2D eigenvalue weighted by Crippen LogP contribution is 2.39. The minimum absolute atomic E-state index is 0.0951. The van der Waals surface area contributed by atoms with E-state index in [-0.39, 0.29) is 11.9 Å². The van der Waals surface area contributed by atoms with Crippen molar-refractivity contribution < 1.29 is 4.79 Å². The molecule has 2 aromatic heterocycles. The SMILES string of the molecule is CN1CCC(N(C)c2ncnc3sc4c(c23)CCCC4)C1=O. The molecule has 116 valence electrons. The Hall–Kier alpha value is -1.69. The molecule has 0 bridgehead atoms. The van der Waals surface area contributed by atoms with Gasteiger partial charge < -0.3 is 9.80 Å². The maximum atomic E-state index is 12.3. The van der Waals surface area contributed by atoms with Crippen molar-refractivity contribution in [1.82, 2.24) is 14.9 Å². The highest BCUT2D eigenvalue weighted by Gasteiger charge is 2.34. The van der Waals surface area contributed by atoms with Crippen molar-refractivity contribution in [3.8, 4) is 0 Å². The quantitative estimate of drug-likeness (QED) is 0.852. The number of carbonyl (C=O) groups excluding carboxylic acids is 1. The van der Waals surface area contributed by atoms with E-state index >= 15 is 0 Å². The maximum absolute atomic E-state index is 12.3. The van der Waals surface area contributed by atoms with Crippen LogP contribution in [0.1, 0.15) is 29.7 Å². The molecule has 1 saturated heterocycles. The van der Waals surface area contributed by atoms with Crippen molar-refractivity contribution in [2.75, 3.05) is 25.5 Å². The van der Waals surface area contributed by atoms with Crippen LogP contribution in [0.15, 0.2) is 6.33 Å². The fourth-order valence-corrected chi connectivity index (χ4v) is 4.88. The number of amides is 1. The van der Waals surface area contributed by atoms with Gasteiger partial charge in [0, 0.05) is 25.5 Å². The molecular weight excluding hydrogens is 296 g/mol. The summed E-state index contributed by atoms with van der Waals surface area (Å²) in [6.45, 7) is 0.823. The molecule has 1 atom stereocenters. The van der Waals surface area contributed by atoms with E-state index in [1.807, 2.05) is 19.0 Å². The molecule has 1 unspecified atom stereocenters. The summed E-state index contributed by atoms with van der Waals surface area (Å²) in [4.78, 5) is 27.8. The fourth-order valence-electron chi connectivity index (χ4n) is 3.65. The molecule has 0 radical (unpaired) electrons. The van der Waals surface area contributed by atoms with Gasteiger partial charge in [0.25, 0.3) is 0 Å². The minimum Gasteiger partial charge on any atom is -0.347 e. The number of fused-ring (bicyclic) bond motifs is 3. The van der Waals surface area contributed by atoms with E-state index in [0.717, 1.165) is 36.5 Å². The van der Waals surface area contributed by atoms with Crippen LogP contribution in [0, 0.1) is 0 Å². The number of hydrogen-bond donors (Lipinski definition) is 0. The first-order chi connectivity index (χ1) is 10.7. The van der Waals surface area contributed by atoms with Crippen molar-refractivity contribution in [3.63, 3.8) is 0 Å². The van der Waals surface area contributed by atoms with E-state index in [0.29, 0.717) is 0 Å². The Labute approximate surface area is 134 Å². The zero-order valence-corrected chi connectivity index (χ0v) is 13.8. The molecule has 1 fully saturated rings. The lowest BCUT2D eigenvalue weighted by Gasteiger charge is -2.25. The maximum Gasteiger partial charge on any atom is 0.245 e. The van der Waals surface area contributed by atoms with Gasteiger partial charge in [0.05, 0.1) is 5.39 Å². The number of carbonyl (C=O) groups is 1. The summed E-state index contributed by atoms with van der Waals surface area (Å²) in [7, 11) is 3.87. The average molecular weight is 316 g/mol. The van der Waals surface area contributed by atoms with Crippen LogP contribution >= 0.6 is 11.3 Å². The zero-order chi connectivity index (χ0) is 15.3. The first kappa shape index (κ1) is 13.9. The van der Waals surface area contributed by atoms with Crippen molar-refractivity contribution in [3.05, 3.63) is 16.8 Å². The van der Waals surface area contributed by atoms with Gasteiger partial charge in [-0.25, -0.2) is 9.97 Å². The number of nitrogens with zero attached hydrogens (tertiary/aromatic N) is 4. The van der Waals surface area contributed by atoms with Crippen LogP contribution in [0.4, 0.5) is 5.82 Å². The third-order valence-corrected chi connectivity index (χ3v) is 6.13. The van der Waals surface area contributed by atoms with Crippen LogP contribution in [0.5, 0.6) is 0 Å². The molecule has 1 amide bonds. The van der Waals surface area contributed by atoms with E-state index in [1.165, 1.54) is 28.7 Å². The number of likely N-dealkylation sites (N-methyl/N-ethyl adjacent to an activating group) is 2. The van der Waals surface area contributed by atoms with E-state index in [9.17, 15) is 4.79 Å². The summed E-state index contributed by atoms with van der Waals surface area (Å²) in [6, 6.07) is -0.0951. The normalized spacial score (nSPS) is 21.5. The van der Waals surface area contributed by atoms with Gasteiger partial charge in [0.15, 0.2) is 0 Å². The van der Waals surface area contributed by atoms with Gasteiger partial charge in [-0.2, -0.15) is 0 Å². The molecule has 0 saturated carbocycles. The van der Waals surface area contributed by atoms with Crippen LogP contribution in [0.3, 0.4) is 0 Å². The number of hydrogen-bond acceptors (Lipinski definition) is 5. The standard InChI is InChI=1S/C16H20N4OS/c1-19-8-7-11(16(19)21)20(2)14-13-10-5-3-4-6-12(10)22-15(13)18-9-17-14/h9,11H,3-8H2,1-2H3. The second-order valence-electron chi connectivity index (χ2n) is 6.26. The summed E-state index contributed by atoms with van der Waals surface area (Å²) in [5, 5.41) is 1.19. The van der Waals surface area contributed by atoms with Gasteiger partial charge in [-0.3, -0.25) is 4.79 Å². The molecule has 2 aromatic rings. The third kappa shape index (κ3) is 2.00. The topological polar surface area (TPSA) is 49.3 Å². The molecule has 0 spiro atoms. The molecule has 4 rings (SSSR count). The number of aryl methyl sites for hydroxylation is 2. The highest BCUT2D eigenvalue weighted by atomic mass is 32.1. The predicted octanol–water partition coefficient (Wildman–Crippen LogP) is 2.24. The first-order valence-corrected chi connectivity index (χ1v) is 8.71. The Balaban J connectivity index is 1.81. The lowest BCUT2D eigenvalue weighted by atomic mass is 9.97. The number of likely N-dealkylation sites (tertiary alicyclic amines) is 1. The van der Waals surface area contributed by atoms with Gasteiger partial charge in [0.1, 0.15) is 23.0 Å². The third-order valence-electron chi connectivity index (χ3n) is 4.93. The summed E-state index contributed by atoms with van der Waals surface area (Å²) < 4.78 is 0. The van der Waals surface area contributed by atoms with Crippen LogP contribution in [-0.2, 0) is 17.6 Å². The Bertz CT molecular complexity index is 741. The number of aromatic nitrogens is 2. The molecule has 6 heteroatoms. The smallest absolute Gasteiger partial charge is 0.245 e. The first-order valence-electron chi connectivity index (χ1n) is 7.90. The summed E-state index contributed by atoms with van der Waals surface area (Å²) in [6.07, 6.45) is 7.28. The van der Waals surface area contributed by atoms with Crippen LogP contribution in [-0.4, -0.2) is 47.5 Å². The van der Waals surface area contributed by atoms with Gasteiger partial charge >= 0.3 is 0 Å². The van der Waals surface area contributed by atoms with Crippen molar-refractivity contribution in [2.24, 2.45) is 0 Å². The molecule has 2 aliphatic rings. The Kier molecular flexibility index (Phi) is 3.29. The number of anilines is 1. The van der Waals surface area contributed by atoms with Gasteiger partial charge in [-0.05, 0) is 37.7 Å². The van der Waals surface area contributed by atoms with Gasteiger partial charge in [0.2, 0.25) is 5.91 Å². The fraction of sp³-hybridized carbons (Fsp3) is 0.562. The van der Waals surface area contributed by atoms with Crippen LogP contribution in [0.2, 0.25) is 0 Å². The van der Waals surface area contributed by atoms with Gasteiger partial charge in [-0.15, -0.1) is 11.3 Å². The zero-order valence-electron chi connectivity index (χ0n) is 13.0. The Morgan fingerprint density at radius 3 is 2.91 bits per heavy atom. The number of thiophene rings is 1. The summed E-state index contributed by atoms with van der Waals surface area (Å²) in [5.74, 6) is 1.12. The largest absolute Gasteiger partial charge is 0.347 e. The molecule has 5 nitrogen and oxygen atoms in total. The predicted molar refractivity (Wildman–Crippen MR) is 88.5 cm³/mol. The van der Waals surface area contributed by atoms with Crippen molar-refractivity contribution in [2.45, 2.75) is 38.1 Å². The monoisotopic (exact) mass is 316 g/mol. The molecule has 0 N–H and O–H groups in total. The second kappa shape index (κ2) is 5.19. The van der Waals surface area contributed by atoms with E-state index in [4.69, 9.17) is 0 Å². The van der Waals surface area contributed by atoms with E-state index in [2.05, 4.69) is 14.9 Å². The molecule has 3 heterocycles. The van der Waals surface area contributed by atoms with Crippen LogP contribution < -0.4 is 4.90 Å². The molecule has 22 heavy (non-hydrogen) atoms. The van der Waals surface area contributed by atoms with E-state index in [1.54, 1.807) is 17.7 Å². The van der Waals surface area contributed by atoms with Crippen molar-refractivity contribution >= 4 is 33.3 Å². The summed E-state index contributed by atoms with van der Waals surface area (Å²) >= 11 is 1.80. The lowest BCUT2D eigenvalue weighted by molar-refractivity contribution is -0.127. The van der Waals surface area contributed by atoms with Crippen molar-refractivity contribution in [1.29, 1.82) is 0 Å². The van der Waals surface area contributed by atoms with E-state index < -0.39 is 0 Å². The molecule has 1 aliphatic carbocycles. The number of rotatable bonds is 2. The Morgan fingerprint density at radius 1 is 1.32 bits per heavy atom. The molecule has 0 aromatic carbocycles. The lowest BCUT2D eigenvalue weighted by Crippen LogP contribution is -2.39. The Morgan fingerprint density at radius 2 is 2.14 bits per heavy atom.